The van der Waals surface area contributed by atoms with Crippen molar-refractivity contribution < 1.29 is 18.7 Å². The smallest absolute Gasteiger partial charge is 0.414 e. The standard InChI is InChI=1S/C13H10BrNO5/c1-2-19-13(18)15-12(17)9-6-20-10-4-3-7(14)5-8(10)11(9)16/h3-6H,2H2,1H3,(H,15,17,18). The maximum absolute atomic E-state index is 12.2. The number of hydrogen-bond acceptors (Lipinski definition) is 5. The number of amides is 2. The van der Waals surface area contributed by atoms with Crippen molar-refractivity contribution in [2.75, 3.05) is 6.61 Å². The van der Waals surface area contributed by atoms with E-state index in [0.29, 0.717) is 10.1 Å². The first-order chi connectivity index (χ1) is 9.52. The molecule has 0 aliphatic heterocycles. The largest absolute Gasteiger partial charge is 0.463 e. The lowest BCUT2D eigenvalue weighted by Gasteiger charge is -2.04. The Hall–Kier alpha value is -2.15. The third kappa shape index (κ3) is 2.88. The summed E-state index contributed by atoms with van der Waals surface area (Å²) in [6, 6.07) is 4.86. The Kier molecular flexibility index (Phi) is 4.19. The molecule has 1 N–H and O–H groups in total. The van der Waals surface area contributed by atoms with Crippen molar-refractivity contribution in [3.63, 3.8) is 0 Å². The highest BCUT2D eigenvalue weighted by Gasteiger charge is 2.17. The molecular formula is C13H10BrNO5. The first kappa shape index (κ1) is 14.3. The molecule has 0 unspecified atom stereocenters. The molecule has 0 aliphatic rings. The van der Waals surface area contributed by atoms with Crippen LogP contribution in [-0.4, -0.2) is 18.6 Å². The van der Waals surface area contributed by atoms with Crippen molar-refractivity contribution in [3.05, 3.63) is 44.7 Å². The second kappa shape index (κ2) is 5.87. The number of benzene rings is 1. The summed E-state index contributed by atoms with van der Waals surface area (Å²) < 4.78 is 10.5. The molecule has 6 nitrogen and oxygen atoms in total. The molecule has 1 aromatic carbocycles. The number of carbonyl (C=O) groups is 2. The zero-order valence-electron chi connectivity index (χ0n) is 10.4. The predicted molar refractivity (Wildman–Crippen MR) is 74.7 cm³/mol. The van der Waals surface area contributed by atoms with E-state index in [1.807, 2.05) is 5.32 Å². The van der Waals surface area contributed by atoms with Gasteiger partial charge in [-0.1, -0.05) is 15.9 Å². The number of nitrogens with one attached hydrogen (secondary N) is 1. The van der Waals surface area contributed by atoms with Gasteiger partial charge in [0.05, 0.1) is 12.0 Å². The highest BCUT2D eigenvalue weighted by atomic mass is 79.9. The normalized spacial score (nSPS) is 10.3. The van der Waals surface area contributed by atoms with E-state index in [-0.39, 0.29) is 17.6 Å². The van der Waals surface area contributed by atoms with E-state index in [9.17, 15) is 14.4 Å². The third-order valence-corrected chi connectivity index (χ3v) is 2.96. The Labute approximate surface area is 121 Å². The SMILES string of the molecule is CCOC(=O)NC(=O)c1coc2ccc(Br)cc2c1=O. The number of rotatable bonds is 2. The molecule has 0 fully saturated rings. The average Bonchev–Trinajstić information content (AvgIpc) is 2.40. The monoisotopic (exact) mass is 339 g/mol. The number of imide groups is 1. The van der Waals surface area contributed by atoms with Gasteiger partial charge in [0.15, 0.2) is 0 Å². The summed E-state index contributed by atoms with van der Waals surface area (Å²) in [5, 5.41) is 2.19. The summed E-state index contributed by atoms with van der Waals surface area (Å²) in [7, 11) is 0. The maximum Gasteiger partial charge on any atom is 0.414 e. The fourth-order valence-corrected chi connectivity index (χ4v) is 1.95. The fourth-order valence-electron chi connectivity index (χ4n) is 1.59. The summed E-state index contributed by atoms with van der Waals surface area (Å²) in [5.41, 5.74) is -0.427. The lowest BCUT2D eigenvalue weighted by molar-refractivity contribution is 0.0922. The van der Waals surface area contributed by atoms with Gasteiger partial charge in [-0.3, -0.25) is 14.9 Å². The number of ether oxygens (including phenoxy) is 1. The van der Waals surface area contributed by atoms with Gasteiger partial charge >= 0.3 is 6.09 Å². The van der Waals surface area contributed by atoms with Crippen LogP contribution in [0.5, 0.6) is 0 Å². The number of halogens is 1. The molecule has 0 spiro atoms. The summed E-state index contributed by atoms with van der Waals surface area (Å²) >= 11 is 3.23. The molecule has 2 aromatic rings. The van der Waals surface area contributed by atoms with E-state index in [2.05, 4.69) is 20.7 Å². The first-order valence-corrected chi connectivity index (χ1v) is 6.51. The molecular weight excluding hydrogens is 330 g/mol. The van der Waals surface area contributed by atoms with Crippen molar-refractivity contribution in [2.24, 2.45) is 0 Å². The van der Waals surface area contributed by atoms with Crippen LogP contribution in [0, 0.1) is 0 Å². The predicted octanol–water partition coefficient (Wildman–Crippen LogP) is 2.44. The first-order valence-electron chi connectivity index (χ1n) is 5.72. The topological polar surface area (TPSA) is 85.6 Å². The average molecular weight is 340 g/mol. The molecule has 104 valence electrons. The molecule has 0 saturated heterocycles. The third-order valence-electron chi connectivity index (χ3n) is 2.47. The molecule has 2 rings (SSSR count). The van der Waals surface area contributed by atoms with Gasteiger partial charge in [-0.2, -0.15) is 0 Å². The van der Waals surface area contributed by atoms with E-state index in [0.717, 1.165) is 6.26 Å². The van der Waals surface area contributed by atoms with Gasteiger partial charge in [-0.15, -0.1) is 0 Å². The van der Waals surface area contributed by atoms with Crippen LogP contribution in [0.1, 0.15) is 17.3 Å². The van der Waals surface area contributed by atoms with Crippen LogP contribution < -0.4 is 10.7 Å². The van der Waals surface area contributed by atoms with Crippen LogP contribution in [0.3, 0.4) is 0 Å². The Morgan fingerprint density at radius 1 is 1.40 bits per heavy atom. The summed E-state index contributed by atoms with van der Waals surface area (Å²) in [6.45, 7) is 1.73. The second-order valence-corrected chi connectivity index (χ2v) is 4.71. The van der Waals surface area contributed by atoms with Gasteiger partial charge < -0.3 is 9.15 Å². The zero-order chi connectivity index (χ0) is 14.7. The number of fused-ring (bicyclic) bond motifs is 1. The molecule has 0 aliphatic carbocycles. The molecule has 1 heterocycles. The molecule has 0 radical (unpaired) electrons. The minimum atomic E-state index is -0.911. The number of alkyl carbamates (subject to hydrolysis) is 1. The van der Waals surface area contributed by atoms with Crippen molar-refractivity contribution in [2.45, 2.75) is 6.92 Å². The van der Waals surface area contributed by atoms with E-state index in [4.69, 9.17) is 4.42 Å². The molecule has 20 heavy (non-hydrogen) atoms. The van der Waals surface area contributed by atoms with Crippen molar-refractivity contribution in [3.8, 4) is 0 Å². The molecule has 0 saturated carbocycles. The minimum Gasteiger partial charge on any atom is -0.463 e. The van der Waals surface area contributed by atoms with E-state index in [1.165, 1.54) is 0 Å². The van der Waals surface area contributed by atoms with Gasteiger partial charge in [0.2, 0.25) is 5.43 Å². The highest BCUT2D eigenvalue weighted by molar-refractivity contribution is 9.10. The van der Waals surface area contributed by atoms with Crippen molar-refractivity contribution in [1.29, 1.82) is 0 Å². The number of hydrogen-bond donors (Lipinski definition) is 1. The van der Waals surface area contributed by atoms with Crippen LogP contribution in [0.25, 0.3) is 11.0 Å². The Balaban J connectivity index is 2.40. The van der Waals surface area contributed by atoms with Crippen LogP contribution >= 0.6 is 15.9 Å². The van der Waals surface area contributed by atoms with Gasteiger partial charge in [-0.05, 0) is 25.1 Å². The molecule has 2 amide bonds. The minimum absolute atomic E-state index is 0.123. The lowest BCUT2D eigenvalue weighted by Crippen LogP contribution is -2.34. The summed E-state index contributed by atoms with van der Waals surface area (Å²) in [4.78, 5) is 35.1. The van der Waals surface area contributed by atoms with Crippen molar-refractivity contribution in [1.82, 2.24) is 5.32 Å². The van der Waals surface area contributed by atoms with E-state index < -0.39 is 17.4 Å². The fraction of sp³-hybridized carbons (Fsp3) is 0.154. The van der Waals surface area contributed by atoms with Crippen molar-refractivity contribution >= 4 is 38.9 Å². The lowest BCUT2D eigenvalue weighted by atomic mass is 10.1. The summed E-state index contributed by atoms with van der Waals surface area (Å²) in [6.07, 6.45) is 0.110. The van der Waals surface area contributed by atoms with E-state index in [1.54, 1.807) is 25.1 Å². The van der Waals surface area contributed by atoms with Gasteiger partial charge in [-0.25, -0.2) is 4.79 Å². The Bertz CT molecular complexity index is 737. The summed E-state index contributed by atoms with van der Waals surface area (Å²) in [5.74, 6) is -0.862. The van der Waals surface area contributed by atoms with Gasteiger partial charge in [0.1, 0.15) is 17.4 Å². The number of carbonyl (C=O) groups excluding carboxylic acids is 2. The molecule has 7 heteroatoms. The van der Waals surface area contributed by atoms with Crippen LogP contribution in [0.4, 0.5) is 4.79 Å². The molecule has 1 aromatic heterocycles. The van der Waals surface area contributed by atoms with Crippen LogP contribution in [-0.2, 0) is 4.74 Å². The van der Waals surface area contributed by atoms with Gasteiger partial charge in [0.25, 0.3) is 5.91 Å². The van der Waals surface area contributed by atoms with E-state index >= 15 is 0 Å². The zero-order valence-corrected chi connectivity index (χ0v) is 12.0. The van der Waals surface area contributed by atoms with Crippen LogP contribution in [0.15, 0.2) is 38.1 Å². The Morgan fingerprint density at radius 3 is 2.85 bits per heavy atom. The molecule has 0 bridgehead atoms. The molecule has 0 atom stereocenters. The maximum atomic E-state index is 12.2. The second-order valence-electron chi connectivity index (χ2n) is 3.79. The van der Waals surface area contributed by atoms with Crippen LogP contribution in [0.2, 0.25) is 0 Å². The van der Waals surface area contributed by atoms with Gasteiger partial charge in [0, 0.05) is 4.47 Å². The Morgan fingerprint density at radius 2 is 2.15 bits per heavy atom. The quantitative estimate of drug-likeness (QED) is 0.908. The highest BCUT2D eigenvalue weighted by Crippen LogP contribution is 2.17.